The van der Waals surface area contributed by atoms with E-state index in [1.54, 1.807) is 18.8 Å². The molecule has 0 unspecified atom stereocenters. The molecular formula is C23H21N4OS+. The van der Waals surface area contributed by atoms with E-state index in [-0.39, 0.29) is 5.91 Å². The third kappa shape index (κ3) is 4.07. The largest absolute Gasteiger partial charge is 0.355 e. The number of aromatic amines is 1. The van der Waals surface area contributed by atoms with Crippen LogP contribution in [0.15, 0.2) is 76.7 Å². The van der Waals surface area contributed by atoms with E-state index in [1.165, 1.54) is 0 Å². The Morgan fingerprint density at radius 2 is 1.93 bits per heavy atom. The molecule has 144 valence electrons. The fraction of sp³-hybridized carbons (Fsp3) is 0.0870. The highest BCUT2D eigenvalue weighted by Crippen LogP contribution is 2.32. The number of aromatic nitrogens is 3. The van der Waals surface area contributed by atoms with Crippen LogP contribution in [-0.4, -0.2) is 23.2 Å². The molecule has 0 saturated heterocycles. The number of nitrogens with zero attached hydrogens (tertiary/aromatic N) is 2. The minimum atomic E-state index is -0.0859. The summed E-state index contributed by atoms with van der Waals surface area (Å²) < 4.78 is 2.06. The average molecular weight is 402 g/mol. The molecular weight excluding hydrogens is 380 g/mol. The Hall–Kier alpha value is -3.38. The van der Waals surface area contributed by atoms with Gasteiger partial charge in [0.25, 0.3) is 5.91 Å². The molecule has 0 spiro atoms. The van der Waals surface area contributed by atoms with E-state index >= 15 is 0 Å². The molecule has 0 radical (unpaired) electrons. The first-order valence-corrected chi connectivity index (χ1v) is 10.1. The first-order chi connectivity index (χ1) is 14.2. The van der Waals surface area contributed by atoms with Gasteiger partial charge in [-0.25, -0.2) is 4.57 Å². The maximum Gasteiger partial charge on any atom is 0.252 e. The Labute approximate surface area is 173 Å². The van der Waals surface area contributed by atoms with E-state index in [9.17, 15) is 4.79 Å². The van der Waals surface area contributed by atoms with Gasteiger partial charge in [-0.15, -0.1) is 0 Å². The van der Waals surface area contributed by atoms with Crippen molar-refractivity contribution in [3.8, 4) is 0 Å². The summed E-state index contributed by atoms with van der Waals surface area (Å²) in [7, 11) is 3.66. The van der Waals surface area contributed by atoms with E-state index in [4.69, 9.17) is 0 Å². The van der Waals surface area contributed by atoms with Gasteiger partial charge in [-0.05, 0) is 42.5 Å². The van der Waals surface area contributed by atoms with Gasteiger partial charge in [0.1, 0.15) is 7.05 Å². The van der Waals surface area contributed by atoms with Crippen molar-refractivity contribution >= 4 is 40.7 Å². The van der Waals surface area contributed by atoms with Gasteiger partial charge in [-0.2, -0.15) is 5.10 Å². The van der Waals surface area contributed by atoms with Crippen molar-refractivity contribution in [3.63, 3.8) is 0 Å². The van der Waals surface area contributed by atoms with Gasteiger partial charge in [0.2, 0.25) is 5.69 Å². The van der Waals surface area contributed by atoms with E-state index in [2.05, 4.69) is 50.4 Å². The second-order valence-corrected chi connectivity index (χ2v) is 7.68. The van der Waals surface area contributed by atoms with Crippen molar-refractivity contribution in [1.82, 2.24) is 15.5 Å². The number of hydrogen-bond acceptors (Lipinski definition) is 3. The molecule has 2 aromatic heterocycles. The van der Waals surface area contributed by atoms with Crippen LogP contribution in [0.1, 0.15) is 21.7 Å². The van der Waals surface area contributed by atoms with Crippen LogP contribution in [0.4, 0.5) is 0 Å². The van der Waals surface area contributed by atoms with Gasteiger partial charge in [-0.3, -0.25) is 9.89 Å². The normalized spacial score (nSPS) is 11.2. The van der Waals surface area contributed by atoms with Gasteiger partial charge < -0.3 is 5.32 Å². The molecule has 0 atom stereocenters. The van der Waals surface area contributed by atoms with Crippen LogP contribution in [0.2, 0.25) is 0 Å². The Bertz CT molecular complexity index is 1210. The van der Waals surface area contributed by atoms with Crippen molar-refractivity contribution in [2.75, 3.05) is 7.05 Å². The summed E-state index contributed by atoms with van der Waals surface area (Å²) in [6.45, 7) is 0. The third-order valence-corrected chi connectivity index (χ3v) is 5.72. The minimum Gasteiger partial charge on any atom is -0.355 e. The standard InChI is InChI=1S/C23H20N4OS/c1-24-23(28)19-8-3-4-9-22(19)29-17-11-12-18-20(25-26-21(18)15-17)13-10-16-7-5-6-14-27(16)2/h3-15H,1-2H3,(H,24,28)/p+1. The van der Waals surface area contributed by atoms with E-state index in [1.807, 2.05) is 55.7 Å². The molecule has 4 rings (SSSR count). The molecule has 6 heteroatoms. The molecule has 5 nitrogen and oxygen atoms in total. The zero-order valence-electron chi connectivity index (χ0n) is 16.2. The van der Waals surface area contributed by atoms with E-state index < -0.39 is 0 Å². The third-order valence-electron chi connectivity index (χ3n) is 4.66. The maximum absolute atomic E-state index is 12.1. The topological polar surface area (TPSA) is 61.7 Å². The molecule has 0 saturated carbocycles. The molecule has 29 heavy (non-hydrogen) atoms. The number of rotatable bonds is 5. The SMILES string of the molecule is CNC(=O)c1ccccc1Sc1ccc2c(/C=C/c3cccc[n+]3C)n[nH]c2c1. The van der Waals surface area contributed by atoms with Crippen LogP contribution in [0, 0.1) is 0 Å². The number of nitrogens with one attached hydrogen (secondary N) is 2. The van der Waals surface area contributed by atoms with Crippen LogP contribution in [0.3, 0.4) is 0 Å². The number of pyridine rings is 1. The molecule has 0 aliphatic rings. The summed E-state index contributed by atoms with van der Waals surface area (Å²) in [6.07, 6.45) is 6.09. The number of carbonyl (C=O) groups is 1. The predicted octanol–water partition coefficient (Wildman–Crippen LogP) is 4.07. The lowest BCUT2D eigenvalue weighted by atomic mass is 10.2. The van der Waals surface area contributed by atoms with Crippen molar-refractivity contribution in [1.29, 1.82) is 0 Å². The van der Waals surface area contributed by atoms with Gasteiger partial charge in [0, 0.05) is 40.4 Å². The van der Waals surface area contributed by atoms with Crippen molar-refractivity contribution in [2.45, 2.75) is 9.79 Å². The summed E-state index contributed by atoms with van der Waals surface area (Å²) in [6, 6.07) is 19.9. The summed E-state index contributed by atoms with van der Waals surface area (Å²) >= 11 is 1.56. The molecule has 4 aromatic rings. The van der Waals surface area contributed by atoms with Gasteiger partial charge in [-0.1, -0.05) is 23.9 Å². The highest BCUT2D eigenvalue weighted by atomic mass is 32.2. The maximum atomic E-state index is 12.1. The highest BCUT2D eigenvalue weighted by molar-refractivity contribution is 7.99. The van der Waals surface area contributed by atoms with Crippen molar-refractivity contribution in [2.24, 2.45) is 7.05 Å². The predicted molar refractivity (Wildman–Crippen MR) is 117 cm³/mol. The molecule has 2 heterocycles. The molecule has 0 bridgehead atoms. The summed E-state index contributed by atoms with van der Waals surface area (Å²) in [5.41, 5.74) is 3.63. The second-order valence-electron chi connectivity index (χ2n) is 6.56. The van der Waals surface area contributed by atoms with Crippen LogP contribution < -0.4 is 9.88 Å². The Morgan fingerprint density at radius 1 is 1.10 bits per heavy atom. The molecule has 1 amide bonds. The fourth-order valence-electron chi connectivity index (χ4n) is 3.09. The second kappa shape index (κ2) is 8.32. The molecule has 0 fully saturated rings. The zero-order chi connectivity index (χ0) is 20.2. The monoisotopic (exact) mass is 401 g/mol. The number of aryl methyl sites for hydroxylation is 1. The Morgan fingerprint density at radius 3 is 2.76 bits per heavy atom. The lowest BCUT2D eigenvalue weighted by molar-refractivity contribution is -0.673. The first kappa shape index (κ1) is 19.0. The minimum absolute atomic E-state index is 0.0859. The Balaban J connectivity index is 1.61. The molecule has 2 N–H and O–H groups in total. The smallest absolute Gasteiger partial charge is 0.252 e. The lowest BCUT2D eigenvalue weighted by Crippen LogP contribution is -2.30. The number of fused-ring (bicyclic) bond motifs is 1. The summed E-state index contributed by atoms with van der Waals surface area (Å²) in [5.74, 6) is -0.0859. The Kier molecular flexibility index (Phi) is 5.44. The highest BCUT2D eigenvalue weighted by Gasteiger charge is 2.11. The van der Waals surface area contributed by atoms with E-state index in [0.717, 1.165) is 32.1 Å². The first-order valence-electron chi connectivity index (χ1n) is 9.25. The van der Waals surface area contributed by atoms with Gasteiger partial charge in [0.05, 0.1) is 16.8 Å². The molecule has 0 aliphatic carbocycles. The number of carbonyl (C=O) groups excluding carboxylic acids is 1. The van der Waals surface area contributed by atoms with Crippen LogP contribution in [0.25, 0.3) is 23.1 Å². The van der Waals surface area contributed by atoms with Crippen molar-refractivity contribution in [3.05, 3.63) is 83.8 Å². The number of hydrogen-bond donors (Lipinski definition) is 2. The van der Waals surface area contributed by atoms with Crippen LogP contribution in [0.5, 0.6) is 0 Å². The van der Waals surface area contributed by atoms with Gasteiger partial charge in [0.15, 0.2) is 6.20 Å². The van der Waals surface area contributed by atoms with Crippen LogP contribution in [-0.2, 0) is 7.05 Å². The molecule has 0 aliphatic heterocycles. The number of H-pyrrole nitrogens is 1. The lowest BCUT2D eigenvalue weighted by Gasteiger charge is -2.08. The number of benzene rings is 2. The quantitative estimate of drug-likeness (QED) is 0.496. The van der Waals surface area contributed by atoms with E-state index in [0.29, 0.717) is 5.56 Å². The summed E-state index contributed by atoms with van der Waals surface area (Å²) in [4.78, 5) is 14.1. The average Bonchev–Trinajstić information content (AvgIpc) is 3.15. The zero-order valence-corrected chi connectivity index (χ0v) is 17.0. The fourth-order valence-corrected chi connectivity index (χ4v) is 4.07. The molecule has 2 aromatic carbocycles. The van der Waals surface area contributed by atoms with Gasteiger partial charge >= 0.3 is 0 Å². The van der Waals surface area contributed by atoms with Crippen molar-refractivity contribution < 1.29 is 9.36 Å². The number of amides is 1. The summed E-state index contributed by atoms with van der Waals surface area (Å²) in [5, 5.41) is 11.3. The van der Waals surface area contributed by atoms with Crippen LogP contribution >= 0.6 is 11.8 Å².